The first-order chi connectivity index (χ1) is 12.8. The van der Waals surface area contributed by atoms with E-state index < -0.39 is 28.2 Å². The van der Waals surface area contributed by atoms with E-state index in [1.165, 1.54) is 16.7 Å². The van der Waals surface area contributed by atoms with Crippen LogP contribution in [-0.4, -0.2) is 55.7 Å². The third kappa shape index (κ3) is 2.82. The molecule has 8 heteroatoms. The van der Waals surface area contributed by atoms with Gasteiger partial charge in [0.15, 0.2) is 0 Å². The summed E-state index contributed by atoms with van der Waals surface area (Å²) in [6.45, 7) is 3.89. The van der Waals surface area contributed by atoms with Crippen LogP contribution in [0.4, 0.5) is 0 Å². The average molecular weight is 388 g/mol. The van der Waals surface area contributed by atoms with Crippen LogP contribution in [0.2, 0.25) is 0 Å². The number of esters is 1. The van der Waals surface area contributed by atoms with Gasteiger partial charge in [-0.25, -0.2) is 4.79 Å². The number of likely N-dealkylation sites (tertiary alicyclic amines) is 1. The normalized spacial score (nSPS) is 29.0. The predicted octanol–water partition coefficient (Wildman–Crippen LogP) is 1.31. The number of benzene rings is 1. The van der Waals surface area contributed by atoms with Crippen LogP contribution >= 0.6 is 11.8 Å². The second-order valence-corrected chi connectivity index (χ2v) is 9.23. The molecule has 0 aliphatic carbocycles. The van der Waals surface area contributed by atoms with Crippen molar-refractivity contribution in [1.29, 1.82) is 0 Å². The van der Waals surface area contributed by atoms with E-state index in [-0.39, 0.29) is 37.2 Å². The monoisotopic (exact) mass is 388 g/mol. The van der Waals surface area contributed by atoms with Crippen molar-refractivity contribution in [1.82, 2.24) is 9.80 Å². The Morgan fingerprint density at radius 2 is 1.78 bits per heavy atom. The molecule has 4 rings (SSSR count). The van der Waals surface area contributed by atoms with Crippen LogP contribution in [0.1, 0.15) is 32.3 Å². The molecule has 0 spiro atoms. The highest BCUT2D eigenvalue weighted by Gasteiger charge is 2.67. The number of nitrogens with zero attached hydrogens (tertiary/aromatic N) is 2. The quantitative estimate of drug-likeness (QED) is 0.439. The van der Waals surface area contributed by atoms with Crippen molar-refractivity contribution in [3.8, 4) is 0 Å². The van der Waals surface area contributed by atoms with Crippen LogP contribution in [0.25, 0.3) is 0 Å². The zero-order valence-corrected chi connectivity index (χ0v) is 15.9. The minimum absolute atomic E-state index is 0.135. The molecule has 3 fully saturated rings. The molecule has 1 aromatic rings. The molecule has 3 heterocycles. The van der Waals surface area contributed by atoms with E-state index in [0.29, 0.717) is 0 Å². The summed E-state index contributed by atoms with van der Waals surface area (Å²) in [5, 5.41) is -0.396. The molecular formula is C19H20N2O5S. The number of hydrogen-bond donors (Lipinski definition) is 0. The maximum atomic E-state index is 12.8. The van der Waals surface area contributed by atoms with Crippen molar-refractivity contribution in [2.45, 2.75) is 55.5 Å². The van der Waals surface area contributed by atoms with Crippen LogP contribution in [0.3, 0.4) is 0 Å². The van der Waals surface area contributed by atoms with Gasteiger partial charge in [-0.05, 0) is 19.4 Å². The van der Waals surface area contributed by atoms with Crippen LogP contribution in [0, 0.1) is 0 Å². The highest BCUT2D eigenvalue weighted by Crippen LogP contribution is 2.52. The van der Waals surface area contributed by atoms with Crippen LogP contribution in [-0.2, 0) is 30.5 Å². The van der Waals surface area contributed by atoms with E-state index in [1.54, 1.807) is 0 Å². The number of hydrogen-bond acceptors (Lipinski definition) is 6. The Morgan fingerprint density at radius 3 is 2.41 bits per heavy atom. The van der Waals surface area contributed by atoms with Crippen molar-refractivity contribution in [3.05, 3.63) is 35.9 Å². The summed E-state index contributed by atoms with van der Waals surface area (Å²) in [5.41, 5.74) is 0.868. The van der Waals surface area contributed by atoms with E-state index in [1.807, 2.05) is 44.2 Å². The molecule has 0 aromatic heterocycles. The summed E-state index contributed by atoms with van der Waals surface area (Å²) in [7, 11) is 0. The largest absolute Gasteiger partial charge is 0.459 e. The minimum Gasteiger partial charge on any atom is -0.459 e. The average Bonchev–Trinajstić information content (AvgIpc) is 3.09. The van der Waals surface area contributed by atoms with Gasteiger partial charge in [-0.3, -0.25) is 19.3 Å². The van der Waals surface area contributed by atoms with E-state index in [9.17, 15) is 19.2 Å². The summed E-state index contributed by atoms with van der Waals surface area (Å²) < 4.78 is 4.88. The number of rotatable bonds is 4. The predicted molar refractivity (Wildman–Crippen MR) is 97.2 cm³/mol. The Labute approximate surface area is 161 Å². The molecule has 3 atom stereocenters. The standard InChI is InChI=1S/C19H20N2O5S/c1-19(2)15(18(25)26-10-11-6-4-3-5-7-11)21-16(24)14(17(21)27-19)20-12(22)8-9-13(20)23/h3-7,14-15,17H,8-10H2,1-2H3. The van der Waals surface area contributed by atoms with Crippen LogP contribution < -0.4 is 0 Å². The molecule has 3 aliphatic rings. The molecule has 0 radical (unpaired) electrons. The lowest BCUT2D eigenvalue weighted by Gasteiger charge is -2.46. The Morgan fingerprint density at radius 1 is 1.15 bits per heavy atom. The highest BCUT2D eigenvalue weighted by molar-refractivity contribution is 8.01. The molecule has 3 aliphatic heterocycles. The van der Waals surface area contributed by atoms with E-state index in [4.69, 9.17) is 4.74 Å². The molecule has 3 amide bonds. The maximum Gasteiger partial charge on any atom is 0.330 e. The molecule has 0 bridgehead atoms. The summed E-state index contributed by atoms with van der Waals surface area (Å²) in [4.78, 5) is 52.1. The molecular weight excluding hydrogens is 368 g/mol. The van der Waals surface area contributed by atoms with Crippen molar-refractivity contribution in [3.63, 3.8) is 0 Å². The van der Waals surface area contributed by atoms with Crippen molar-refractivity contribution < 1.29 is 23.9 Å². The molecule has 3 unspecified atom stereocenters. The van der Waals surface area contributed by atoms with Gasteiger partial charge in [0, 0.05) is 17.6 Å². The number of β-lactam (4-membered cyclic amide) rings is 1. The van der Waals surface area contributed by atoms with Crippen molar-refractivity contribution in [2.24, 2.45) is 0 Å². The first kappa shape index (κ1) is 18.0. The number of ether oxygens (including phenoxy) is 1. The summed E-state index contributed by atoms with van der Waals surface area (Å²) >= 11 is 1.44. The fraction of sp³-hybridized carbons (Fsp3) is 0.474. The number of thioether (sulfide) groups is 1. The van der Waals surface area contributed by atoms with Gasteiger partial charge in [-0.2, -0.15) is 0 Å². The number of imide groups is 1. The van der Waals surface area contributed by atoms with Gasteiger partial charge in [0.05, 0.1) is 0 Å². The third-order valence-electron chi connectivity index (χ3n) is 5.23. The van der Waals surface area contributed by atoms with Gasteiger partial charge in [0.25, 0.3) is 5.91 Å². The number of carbonyl (C=O) groups excluding carboxylic acids is 4. The molecule has 0 N–H and O–H groups in total. The van der Waals surface area contributed by atoms with E-state index in [0.717, 1.165) is 10.5 Å². The van der Waals surface area contributed by atoms with Crippen LogP contribution in [0.5, 0.6) is 0 Å². The molecule has 27 heavy (non-hydrogen) atoms. The second kappa shape index (κ2) is 6.37. The summed E-state index contributed by atoms with van der Waals surface area (Å²) in [5.74, 6) is -1.45. The van der Waals surface area contributed by atoms with Crippen molar-refractivity contribution >= 4 is 35.5 Å². The molecule has 7 nitrogen and oxygen atoms in total. The number of fused-ring (bicyclic) bond motifs is 1. The zero-order chi connectivity index (χ0) is 19.3. The Kier molecular flexibility index (Phi) is 4.25. The maximum absolute atomic E-state index is 12.8. The number of carbonyl (C=O) groups is 4. The fourth-order valence-corrected chi connectivity index (χ4v) is 5.59. The third-order valence-corrected chi connectivity index (χ3v) is 6.79. The lowest BCUT2D eigenvalue weighted by Crippen LogP contribution is -2.71. The van der Waals surface area contributed by atoms with Gasteiger partial charge in [-0.1, -0.05) is 30.3 Å². The first-order valence-electron chi connectivity index (χ1n) is 8.87. The van der Waals surface area contributed by atoms with Gasteiger partial charge < -0.3 is 9.64 Å². The van der Waals surface area contributed by atoms with Gasteiger partial charge in [-0.15, -0.1) is 11.8 Å². The summed E-state index contributed by atoms with van der Waals surface area (Å²) in [6, 6.07) is 7.79. The van der Waals surface area contributed by atoms with Gasteiger partial charge >= 0.3 is 5.97 Å². The van der Waals surface area contributed by atoms with E-state index >= 15 is 0 Å². The molecule has 142 valence electrons. The Balaban J connectivity index is 1.50. The van der Waals surface area contributed by atoms with Crippen LogP contribution in [0.15, 0.2) is 30.3 Å². The summed E-state index contributed by atoms with van der Waals surface area (Å²) in [6.07, 6.45) is 0.290. The SMILES string of the molecule is CC1(C)SC2C(N3C(=O)CCC3=O)C(=O)N2C1C(=O)OCc1ccccc1. The molecule has 3 saturated heterocycles. The van der Waals surface area contributed by atoms with Gasteiger partial charge in [0.1, 0.15) is 24.1 Å². The smallest absolute Gasteiger partial charge is 0.330 e. The van der Waals surface area contributed by atoms with Gasteiger partial charge in [0.2, 0.25) is 11.8 Å². The van der Waals surface area contributed by atoms with E-state index in [2.05, 4.69) is 0 Å². The first-order valence-corrected chi connectivity index (χ1v) is 9.74. The molecule has 1 aromatic carbocycles. The topological polar surface area (TPSA) is 84.0 Å². The highest BCUT2D eigenvalue weighted by atomic mass is 32.2. The second-order valence-electron chi connectivity index (χ2n) is 7.46. The van der Waals surface area contributed by atoms with Crippen molar-refractivity contribution in [2.75, 3.05) is 0 Å². The zero-order valence-electron chi connectivity index (χ0n) is 15.1. The lowest BCUT2D eigenvalue weighted by atomic mass is 9.95. The minimum atomic E-state index is -0.802. The Bertz CT molecular complexity index is 809. The Hall–Kier alpha value is -2.35. The fourth-order valence-electron chi connectivity index (χ4n) is 3.92. The lowest BCUT2D eigenvalue weighted by molar-refractivity contribution is -0.172. The number of amides is 3. The molecule has 0 saturated carbocycles.